The van der Waals surface area contributed by atoms with E-state index in [2.05, 4.69) is 39.1 Å². The first kappa shape index (κ1) is 13.7. The number of nitrogens with zero attached hydrogens (tertiary/aromatic N) is 4. The first-order chi connectivity index (χ1) is 11.8. The molecule has 0 atom stereocenters. The van der Waals surface area contributed by atoms with E-state index in [1.165, 1.54) is 11.1 Å². The molecule has 0 bridgehead atoms. The topological polar surface area (TPSA) is 50.5 Å². The van der Waals surface area contributed by atoms with E-state index in [-0.39, 0.29) is 11.9 Å². The van der Waals surface area contributed by atoms with Gasteiger partial charge in [-0.3, -0.25) is 4.79 Å². The third-order valence-corrected chi connectivity index (χ3v) is 5.11. The van der Waals surface area contributed by atoms with Gasteiger partial charge in [0.15, 0.2) is 11.3 Å². The van der Waals surface area contributed by atoms with Gasteiger partial charge in [0.05, 0.1) is 0 Å². The first-order valence-corrected chi connectivity index (χ1v) is 8.48. The standard InChI is InChI=1S/C19H18N4O/c24-19(17-18-21-8-10-22(18)9-7-20-17)23(15-5-6-15)16-11-13-3-1-2-4-14(13)12-16/h1-4,7-10,15-16H,5-6,11-12H2. The molecule has 2 aliphatic carbocycles. The van der Waals surface area contributed by atoms with Crippen LogP contribution < -0.4 is 0 Å². The van der Waals surface area contributed by atoms with Gasteiger partial charge in [-0.2, -0.15) is 0 Å². The third-order valence-electron chi connectivity index (χ3n) is 5.11. The molecular formula is C19H18N4O. The van der Waals surface area contributed by atoms with E-state index in [0.29, 0.717) is 17.4 Å². The predicted octanol–water partition coefficient (Wildman–Crippen LogP) is 2.50. The smallest absolute Gasteiger partial charge is 0.276 e. The van der Waals surface area contributed by atoms with Gasteiger partial charge in [0.25, 0.3) is 5.91 Å². The van der Waals surface area contributed by atoms with Gasteiger partial charge in [-0.05, 0) is 36.8 Å². The number of fused-ring (bicyclic) bond motifs is 2. The van der Waals surface area contributed by atoms with Crippen molar-refractivity contribution >= 4 is 11.6 Å². The van der Waals surface area contributed by atoms with Crippen LogP contribution in [0, 0.1) is 0 Å². The van der Waals surface area contributed by atoms with Crippen molar-refractivity contribution < 1.29 is 4.79 Å². The monoisotopic (exact) mass is 318 g/mol. The average molecular weight is 318 g/mol. The van der Waals surface area contributed by atoms with Crippen LogP contribution in [-0.4, -0.2) is 37.3 Å². The number of amides is 1. The summed E-state index contributed by atoms with van der Waals surface area (Å²) in [4.78, 5) is 24.0. The van der Waals surface area contributed by atoms with Crippen molar-refractivity contribution in [1.29, 1.82) is 0 Å². The number of benzene rings is 1. The van der Waals surface area contributed by atoms with E-state index >= 15 is 0 Å². The Hall–Kier alpha value is -2.69. The Morgan fingerprint density at radius 3 is 2.33 bits per heavy atom. The molecule has 3 aromatic rings. The van der Waals surface area contributed by atoms with Gasteiger partial charge in [0.1, 0.15) is 0 Å². The third kappa shape index (κ3) is 2.12. The number of rotatable bonds is 3. The van der Waals surface area contributed by atoms with Gasteiger partial charge < -0.3 is 9.30 Å². The van der Waals surface area contributed by atoms with Crippen molar-refractivity contribution in [2.45, 2.75) is 37.8 Å². The van der Waals surface area contributed by atoms with Crippen LogP contribution in [0.15, 0.2) is 49.1 Å². The summed E-state index contributed by atoms with van der Waals surface area (Å²) in [5, 5.41) is 0. The maximum absolute atomic E-state index is 13.3. The van der Waals surface area contributed by atoms with Crippen molar-refractivity contribution in [3.05, 3.63) is 65.9 Å². The van der Waals surface area contributed by atoms with E-state index < -0.39 is 0 Å². The molecule has 2 aliphatic rings. The zero-order chi connectivity index (χ0) is 16.1. The van der Waals surface area contributed by atoms with Gasteiger partial charge in [-0.15, -0.1) is 0 Å². The van der Waals surface area contributed by atoms with Crippen LogP contribution in [-0.2, 0) is 12.8 Å². The van der Waals surface area contributed by atoms with E-state index in [1.54, 1.807) is 12.4 Å². The molecule has 0 unspecified atom stereocenters. The van der Waals surface area contributed by atoms with E-state index in [0.717, 1.165) is 25.7 Å². The number of hydrogen-bond acceptors (Lipinski definition) is 3. The molecule has 1 amide bonds. The lowest BCUT2D eigenvalue weighted by molar-refractivity contribution is 0.0663. The number of carbonyl (C=O) groups is 1. The van der Waals surface area contributed by atoms with Crippen LogP contribution in [0.1, 0.15) is 34.5 Å². The summed E-state index contributed by atoms with van der Waals surface area (Å²) in [7, 11) is 0. The lowest BCUT2D eigenvalue weighted by Gasteiger charge is -2.28. The molecule has 1 fully saturated rings. The second-order valence-electron chi connectivity index (χ2n) is 6.71. The van der Waals surface area contributed by atoms with Crippen LogP contribution in [0.25, 0.3) is 5.65 Å². The van der Waals surface area contributed by atoms with Crippen LogP contribution in [0.4, 0.5) is 0 Å². The molecule has 1 aromatic carbocycles. The largest absolute Gasteiger partial charge is 0.331 e. The molecule has 120 valence electrons. The summed E-state index contributed by atoms with van der Waals surface area (Å²) < 4.78 is 1.86. The van der Waals surface area contributed by atoms with Crippen LogP contribution in [0.2, 0.25) is 0 Å². The van der Waals surface area contributed by atoms with Crippen LogP contribution in [0.5, 0.6) is 0 Å². The summed E-state index contributed by atoms with van der Waals surface area (Å²) in [6.45, 7) is 0. The minimum Gasteiger partial charge on any atom is -0.331 e. The molecule has 0 saturated heterocycles. The molecule has 5 rings (SSSR count). The highest BCUT2D eigenvalue weighted by Gasteiger charge is 2.41. The van der Waals surface area contributed by atoms with Crippen molar-refractivity contribution in [1.82, 2.24) is 19.3 Å². The fourth-order valence-electron chi connectivity index (χ4n) is 3.84. The Morgan fingerprint density at radius 2 is 1.67 bits per heavy atom. The van der Waals surface area contributed by atoms with Gasteiger partial charge >= 0.3 is 0 Å². The van der Waals surface area contributed by atoms with Crippen LogP contribution in [0.3, 0.4) is 0 Å². The molecule has 0 N–H and O–H groups in total. The van der Waals surface area contributed by atoms with Gasteiger partial charge in [-0.1, -0.05) is 24.3 Å². The Kier molecular flexibility index (Phi) is 2.95. The molecule has 24 heavy (non-hydrogen) atoms. The number of carbonyl (C=O) groups excluding carboxylic acids is 1. The first-order valence-electron chi connectivity index (χ1n) is 8.48. The second-order valence-corrected chi connectivity index (χ2v) is 6.71. The average Bonchev–Trinajstić information content (AvgIpc) is 3.15. The summed E-state index contributed by atoms with van der Waals surface area (Å²) in [6, 6.07) is 9.11. The zero-order valence-corrected chi connectivity index (χ0v) is 13.3. The molecule has 5 heteroatoms. The maximum atomic E-state index is 13.3. The maximum Gasteiger partial charge on any atom is 0.276 e. The van der Waals surface area contributed by atoms with E-state index in [9.17, 15) is 4.79 Å². The molecule has 2 heterocycles. The molecule has 0 aliphatic heterocycles. The molecule has 2 aromatic heterocycles. The molecular weight excluding hydrogens is 300 g/mol. The zero-order valence-electron chi connectivity index (χ0n) is 13.3. The highest BCUT2D eigenvalue weighted by atomic mass is 16.2. The van der Waals surface area contributed by atoms with Crippen LogP contribution >= 0.6 is 0 Å². The van der Waals surface area contributed by atoms with Crippen molar-refractivity contribution in [3.8, 4) is 0 Å². The predicted molar refractivity (Wildman–Crippen MR) is 89.8 cm³/mol. The molecule has 1 saturated carbocycles. The van der Waals surface area contributed by atoms with Gasteiger partial charge in [0, 0.05) is 36.9 Å². The normalized spacial score (nSPS) is 17.2. The summed E-state index contributed by atoms with van der Waals surface area (Å²) in [6.07, 6.45) is 11.1. The van der Waals surface area contributed by atoms with Gasteiger partial charge in [-0.25, -0.2) is 9.97 Å². The molecule has 5 nitrogen and oxygen atoms in total. The Bertz CT molecular complexity index is 903. The second kappa shape index (κ2) is 5.16. The van der Waals surface area contributed by atoms with Crippen molar-refractivity contribution in [3.63, 3.8) is 0 Å². The van der Waals surface area contributed by atoms with Gasteiger partial charge in [0.2, 0.25) is 0 Å². The summed E-state index contributed by atoms with van der Waals surface area (Å²) in [5.41, 5.74) is 3.84. The highest BCUT2D eigenvalue weighted by Crippen LogP contribution is 2.35. The minimum absolute atomic E-state index is 0.0205. The van der Waals surface area contributed by atoms with E-state index in [1.807, 2.05) is 16.8 Å². The quantitative estimate of drug-likeness (QED) is 0.745. The van der Waals surface area contributed by atoms with Crippen molar-refractivity contribution in [2.24, 2.45) is 0 Å². The fraction of sp³-hybridized carbons (Fsp3) is 0.316. The number of imidazole rings is 1. The molecule has 0 spiro atoms. The van der Waals surface area contributed by atoms with E-state index in [4.69, 9.17) is 0 Å². The number of aromatic nitrogens is 3. The highest BCUT2D eigenvalue weighted by molar-refractivity contribution is 5.98. The molecule has 0 radical (unpaired) electrons. The number of hydrogen-bond donors (Lipinski definition) is 0. The SMILES string of the molecule is O=C(c1nccn2ccnc12)N(C1CC1)C1Cc2ccccc2C1. The Morgan fingerprint density at radius 1 is 1.00 bits per heavy atom. The fourth-order valence-corrected chi connectivity index (χ4v) is 3.84. The lowest BCUT2D eigenvalue weighted by atomic mass is 10.1. The minimum atomic E-state index is 0.0205. The van der Waals surface area contributed by atoms with Crippen molar-refractivity contribution in [2.75, 3.05) is 0 Å². The lowest BCUT2D eigenvalue weighted by Crippen LogP contribution is -2.43. The summed E-state index contributed by atoms with van der Waals surface area (Å²) >= 11 is 0. The Labute approximate surface area is 140 Å². The summed E-state index contributed by atoms with van der Waals surface area (Å²) in [5.74, 6) is 0.0205. The Balaban J connectivity index is 1.51.